The summed E-state index contributed by atoms with van der Waals surface area (Å²) in [5, 5.41) is 3.36. The van der Waals surface area contributed by atoms with Crippen LogP contribution in [0.2, 0.25) is 5.02 Å². The van der Waals surface area contributed by atoms with Crippen molar-refractivity contribution in [2.45, 2.75) is 11.3 Å². The summed E-state index contributed by atoms with van der Waals surface area (Å²) >= 11 is 5.83. The average Bonchev–Trinajstić information content (AvgIpc) is 2.64. The normalized spacial score (nSPS) is 11.2. The first-order valence-corrected chi connectivity index (χ1v) is 10.0. The molecule has 0 spiro atoms. The first-order chi connectivity index (χ1) is 12.9. The molecular weight excluding hydrogens is 384 g/mol. The van der Waals surface area contributed by atoms with Crippen molar-refractivity contribution in [1.82, 2.24) is 4.31 Å². The molecule has 0 saturated carbocycles. The highest BCUT2D eigenvalue weighted by molar-refractivity contribution is 7.89. The second kappa shape index (κ2) is 9.50. The maximum atomic E-state index is 12.6. The molecule has 7 heteroatoms. The minimum atomic E-state index is -3.66. The van der Waals surface area contributed by atoms with Crippen LogP contribution in [0.1, 0.15) is 5.56 Å². The molecule has 0 aliphatic heterocycles. The lowest BCUT2D eigenvalue weighted by molar-refractivity contribution is -0.115. The minimum Gasteiger partial charge on any atom is -0.326 e. The summed E-state index contributed by atoms with van der Waals surface area (Å²) in [6.07, 6.45) is 3.24. The first-order valence-electron chi connectivity index (χ1n) is 8.23. The van der Waals surface area contributed by atoms with E-state index in [-0.39, 0.29) is 30.3 Å². The van der Waals surface area contributed by atoms with E-state index in [4.69, 9.17) is 11.6 Å². The summed E-state index contributed by atoms with van der Waals surface area (Å²) in [6.45, 7) is 7.54. The monoisotopic (exact) mass is 404 g/mol. The molecule has 0 fully saturated rings. The number of carbonyl (C=O) groups excluding carboxylic acids is 1. The number of hydrogen-bond acceptors (Lipinski definition) is 3. The molecule has 0 radical (unpaired) electrons. The number of hydrogen-bond donors (Lipinski definition) is 1. The van der Waals surface area contributed by atoms with Crippen molar-refractivity contribution in [3.05, 3.63) is 84.4 Å². The molecule has 1 N–H and O–H groups in total. The highest BCUT2D eigenvalue weighted by atomic mass is 35.5. The molecule has 0 bridgehead atoms. The number of halogens is 1. The van der Waals surface area contributed by atoms with Crippen LogP contribution in [-0.4, -0.2) is 31.7 Å². The number of sulfonamides is 1. The Kier molecular flexibility index (Phi) is 7.36. The quantitative estimate of drug-likeness (QED) is 0.645. The van der Waals surface area contributed by atoms with Gasteiger partial charge in [0.25, 0.3) is 0 Å². The summed E-state index contributed by atoms with van der Waals surface area (Å²) in [5.41, 5.74) is 1.35. The van der Waals surface area contributed by atoms with Gasteiger partial charge < -0.3 is 5.32 Å². The molecule has 0 saturated heterocycles. The van der Waals surface area contributed by atoms with Crippen molar-refractivity contribution < 1.29 is 13.2 Å². The molecule has 2 aromatic rings. The van der Waals surface area contributed by atoms with Crippen LogP contribution < -0.4 is 5.32 Å². The molecular formula is C20H21ClN2O3S. The largest absolute Gasteiger partial charge is 0.326 e. The Bertz CT molecular complexity index is 897. The van der Waals surface area contributed by atoms with Crippen molar-refractivity contribution >= 4 is 33.2 Å². The van der Waals surface area contributed by atoms with E-state index in [9.17, 15) is 13.2 Å². The van der Waals surface area contributed by atoms with Crippen molar-refractivity contribution in [2.24, 2.45) is 0 Å². The van der Waals surface area contributed by atoms with E-state index in [2.05, 4.69) is 18.5 Å². The fourth-order valence-electron chi connectivity index (χ4n) is 2.41. The molecule has 0 aliphatic rings. The molecule has 0 heterocycles. The third kappa shape index (κ3) is 5.79. The van der Waals surface area contributed by atoms with Crippen LogP contribution >= 0.6 is 11.6 Å². The SMILES string of the molecule is C=CCN(CC=C)S(=O)(=O)c1ccc(NC(=O)Cc2ccc(Cl)cc2)cc1. The summed E-state index contributed by atoms with van der Waals surface area (Å²) < 4.78 is 26.6. The van der Waals surface area contributed by atoms with Crippen molar-refractivity contribution in [3.63, 3.8) is 0 Å². The predicted molar refractivity (Wildman–Crippen MR) is 109 cm³/mol. The van der Waals surface area contributed by atoms with Gasteiger partial charge in [-0.2, -0.15) is 4.31 Å². The maximum absolute atomic E-state index is 12.6. The standard InChI is InChI=1S/C20H21ClN2O3S/c1-3-13-23(14-4-2)27(25,26)19-11-9-18(10-12-19)22-20(24)15-16-5-7-17(21)8-6-16/h3-12H,1-2,13-15H2,(H,22,24). The van der Waals surface area contributed by atoms with E-state index < -0.39 is 10.0 Å². The van der Waals surface area contributed by atoms with Crippen LogP contribution in [-0.2, 0) is 21.2 Å². The van der Waals surface area contributed by atoms with Gasteiger partial charge in [0, 0.05) is 23.8 Å². The van der Waals surface area contributed by atoms with Crippen molar-refractivity contribution in [3.8, 4) is 0 Å². The Hall–Kier alpha value is -2.41. The topological polar surface area (TPSA) is 66.5 Å². The van der Waals surface area contributed by atoms with Gasteiger partial charge in [0.1, 0.15) is 0 Å². The Labute approximate surface area is 165 Å². The Balaban J connectivity index is 2.07. The third-order valence-electron chi connectivity index (χ3n) is 3.72. The van der Waals surface area contributed by atoms with Gasteiger partial charge in [-0.15, -0.1) is 13.2 Å². The first kappa shape index (κ1) is 20.9. The van der Waals surface area contributed by atoms with Crippen LogP contribution in [0.25, 0.3) is 0 Å². The molecule has 0 atom stereocenters. The second-order valence-corrected chi connectivity index (χ2v) is 8.15. The van der Waals surface area contributed by atoms with Crippen LogP contribution in [0.5, 0.6) is 0 Å². The zero-order valence-electron chi connectivity index (χ0n) is 14.8. The fraction of sp³-hybridized carbons (Fsp3) is 0.150. The van der Waals surface area contributed by atoms with Gasteiger partial charge in [-0.3, -0.25) is 4.79 Å². The zero-order valence-corrected chi connectivity index (χ0v) is 16.3. The molecule has 142 valence electrons. The molecule has 0 unspecified atom stereocenters. The van der Waals surface area contributed by atoms with Crippen molar-refractivity contribution in [1.29, 1.82) is 0 Å². The lowest BCUT2D eigenvalue weighted by Crippen LogP contribution is -2.31. The molecule has 2 rings (SSSR count). The molecule has 0 aliphatic carbocycles. The third-order valence-corrected chi connectivity index (χ3v) is 5.82. The molecule has 1 amide bonds. The average molecular weight is 405 g/mol. The number of benzene rings is 2. The zero-order chi connectivity index (χ0) is 19.9. The second-order valence-electron chi connectivity index (χ2n) is 5.78. The van der Waals surface area contributed by atoms with Gasteiger partial charge in [-0.05, 0) is 42.0 Å². The number of nitrogens with zero attached hydrogens (tertiary/aromatic N) is 1. The van der Waals surface area contributed by atoms with E-state index in [1.165, 1.54) is 28.6 Å². The number of rotatable bonds is 9. The van der Waals surface area contributed by atoms with E-state index in [0.717, 1.165) is 5.56 Å². The highest BCUT2D eigenvalue weighted by Gasteiger charge is 2.22. The molecule has 2 aromatic carbocycles. The highest BCUT2D eigenvalue weighted by Crippen LogP contribution is 2.19. The van der Waals surface area contributed by atoms with Gasteiger partial charge in [0.05, 0.1) is 11.3 Å². The number of nitrogens with one attached hydrogen (secondary N) is 1. The lowest BCUT2D eigenvalue weighted by Gasteiger charge is -2.19. The Morgan fingerprint density at radius 3 is 2.07 bits per heavy atom. The number of amides is 1. The van der Waals surface area contributed by atoms with Gasteiger partial charge in [-0.25, -0.2) is 8.42 Å². The molecule has 0 aromatic heterocycles. The Morgan fingerprint density at radius 2 is 1.56 bits per heavy atom. The summed E-state index contributed by atoms with van der Waals surface area (Å²) in [6, 6.07) is 13.1. The Morgan fingerprint density at radius 1 is 1.00 bits per heavy atom. The van der Waals surface area contributed by atoms with Gasteiger partial charge in [-0.1, -0.05) is 35.9 Å². The van der Waals surface area contributed by atoms with E-state index >= 15 is 0 Å². The summed E-state index contributed by atoms with van der Waals surface area (Å²) in [4.78, 5) is 12.3. The fourth-order valence-corrected chi connectivity index (χ4v) is 3.92. The van der Waals surface area contributed by atoms with E-state index in [1.807, 2.05) is 0 Å². The van der Waals surface area contributed by atoms with Crippen molar-refractivity contribution in [2.75, 3.05) is 18.4 Å². The van der Waals surface area contributed by atoms with Gasteiger partial charge >= 0.3 is 0 Å². The van der Waals surface area contributed by atoms with Crippen LogP contribution in [0.3, 0.4) is 0 Å². The van der Waals surface area contributed by atoms with Gasteiger partial charge in [0.15, 0.2) is 0 Å². The summed E-state index contributed by atoms with van der Waals surface area (Å²) in [5.74, 6) is -0.201. The van der Waals surface area contributed by atoms with Crippen LogP contribution in [0.4, 0.5) is 5.69 Å². The number of anilines is 1. The van der Waals surface area contributed by atoms with E-state index in [0.29, 0.717) is 10.7 Å². The molecule has 5 nitrogen and oxygen atoms in total. The van der Waals surface area contributed by atoms with Crippen LogP contribution in [0.15, 0.2) is 78.7 Å². The minimum absolute atomic E-state index is 0.141. The lowest BCUT2D eigenvalue weighted by atomic mass is 10.1. The maximum Gasteiger partial charge on any atom is 0.243 e. The van der Waals surface area contributed by atoms with Gasteiger partial charge in [0.2, 0.25) is 15.9 Å². The van der Waals surface area contributed by atoms with Crippen LogP contribution in [0, 0.1) is 0 Å². The number of carbonyl (C=O) groups is 1. The molecule has 27 heavy (non-hydrogen) atoms. The van der Waals surface area contributed by atoms with E-state index in [1.54, 1.807) is 36.4 Å². The summed E-state index contributed by atoms with van der Waals surface area (Å²) in [7, 11) is -3.66. The predicted octanol–water partition coefficient (Wildman–Crippen LogP) is 3.88. The smallest absolute Gasteiger partial charge is 0.243 e.